The number of likely N-dealkylation sites (N-methyl/N-ethyl adjacent to an activating group) is 1. The molecule has 0 heterocycles. The summed E-state index contributed by atoms with van der Waals surface area (Å²) in [6.07, 6.45) is -0.603. The van der Waals surface area contributed by atoms with Gasteiger partial charge < -0.3 is 9.64 Å². The number of carbonyl (C=O) groups is 1. The van der Waals surface area contributed by atoms with Gasteiger partial charge in [0.2, 0.25) is 0 Å². The highest BCUT2D eigenvalue weighted by molar-refractivity contribution is 9.10. The average Bonchev–Trinajstić information content (AvgIpc) is 2.49. The summed E-state index contributed by atoms with van der Waals surface area (Å²) in [4.78, 5) is 14.2. The Morgan fingerprint density at radius 1 is 1.10 bits per heavy atom. The van der Waals surface area contributed by atoms with Crippen LogP contribution >= 0.6 is 15.9 Å². The average molecular weight is 334 g/mol. The Morgan fingerprint density at radius 3 is 2.30 bits per heavy atom. The van der Waals surface area contributed by atoms with Gasteiger partial charge in [0.15, 0.2) is 6.10 Å². The first kappa shape index (κ1) is 14.8. The lowest BCUT2D eigenvalue weighted by molar-refractivity contribution is -0.128. The molecule has 2 rings (SSSR count). The molecule has 2 aromatic rings. The zero-order valence-electron chi connectivity index (χ0n) is 11.4. The lowest BCUT2D eigenvalue weighted by atomic mass is 10.1. The lowest BCUT2D eigenvalue weighted by Crippen LogP contribution is -2.32. The van der Waals surface area contributed by atoms with Crippen molar-refractivity contribution in [2.24, 2.45) is 0 Å². The number of anilines is 1. The largest absolute Gasteiger partial charge is 0.367 e. The van der Waals surface area contributed by atoms with E-state index >= 15 is 0 Å². The highest BCUT2D eigenvalue weighted by atomic mass is 79.9. The molecule has 1 atom stereocenters. The number of carbonyl (C=O) groups excluding carboxylic acids is 1. The fraction of sp³-hybridized carbons (Fsp3) is 0.188. The molecule has 1 amide bonds. The van der Waals surface area contributed by atoms with Gasteiger partial charge in [0, 0.05) is 18.6 Å². The summed E-state index contributed by atoms with van der Waals surface area (Å²) >= 11 is 3.46. The van der Waals surface area contributed by atoms with Crippen LogP contribution in [0, 0.1) is 0 Å². The summed E-state index contributed by atoms with van der Waals surface area (Å²) in [6, 6.07) is 17.1. The van der Waals surface area contributed by atoms with E-state index in [1.54, 1.807) is 19.1 Å². The molecule has 3 nitrogen and oxygen atoms in total. The molecule has 0 aliphatic carbocycles. The molecule has 0 saturated carbocycles. The fourth-order valence-electron chi connectivity index (χ4n) is 2.03. The smallest absolute Gasteiger partial charge is 0.260 e. The number of rotatable bonds is 4. The Bertz CT molecular complexity index is 586. The minimum Gasteiger partial charge on any atom is -0.367 e. The van der Waals surface area contributed by atoms with E-state index < -0.39 is 6.10 Å². The third kappa shape index (κ3) is 3.08. The molecular formula is C16H16BrNO2. The lowest BCUT2D eigenvalue weighted by Gasteiger charge is -2.24. The minimum absolute atomic E-state index is 0.106. The molecule has 0 saturated heterocycles. The summed E-state index contributed by atoms with van der Waals surface area (Å²) in [5.41, 5.74) is 1.66. The molecular weight excluding hydrogens is 318 g/mol. The molecule has 104 valence electrons. The topological polar surface area (TPSA) is 29.5 Å². The van der Waals surface area contributed by atoms with E-state index in [1.807, 2.05) is 54.6 Å². The van der Waals surface area contributed by atoms with Crippen LogP contribution in [0.3, 0.4) is 0 Å². The molecule has 1 unspecified atom stereocenters. The third-order valence-corrected chi connectivity index (χ3v) is 3.78. The van der Waals surface area contributed by atoms with Crippen LogP contribution in [-0.4, -0.2) is 20.1 Å². The van der Waals surface area contributed by atoms with Gasteiger partial charge in [-0.05, 0) is 33.6 Å². The number of ether oxygens (including phenoxy) is 1. The van der Waals surface area contributed by atoms with Crippen molar-refractivity contribution in [3.63, 3.8) is 0 Å². The number of amides is 1. The van der Waals surface area contributed by atoms with Gasteiger partial charge in [0.05, 0.1) is 5.69 Å². The van der Waals surface area contributed by atoms with Gasteiger partial charge in [-0.1, -0.05) is 42.5 Å². The highest BCUT2D eigenvalue weighted by Crippen LogP contribution is 2.28. The number of hydrogen-bond donors (Lipinski definition) is 0. The number of para-hydroxylation sites is 1. The van der Waals surface area contributed by atoms with Gasteiger partial charge in [-0.3, -0.25) is 4.79 Å². The van der Waals surface area contributed by atoms with Crippen LogP contribution in [0.2, 0.25) is 0 Å². The van der Waals surface area contributed by atoms with Crippen molar-refractivity contribution < 1.29 is 9.53 Å². The zero-order chi connectivity index (χ0) is 14.5. The van der Waals surface area contributed by atoms with Crippen molar-refractivity contribution in [2.45, 2.75) is 6.10 Å². The quantitative estimate of drug-likeness (QED) is 0.851. The molecule has 0 bridgehead atoms. The predicted molar refractivity (Wildman–Crippen MR) is 83.7 cm³/mol. The number of methoxy groups -OCH3 is 1. The van der Waals surface area contributed by atoms with Gasteiger partial charge >= 0.3 is 0 Å². The molecule has 0 aliphatic heterocycles. The summed E-state index contributed by atoms with van der Waals surface area (Å²) in [6.45, 7) is 0. The maximum Gasteiger partial charge on any atom is 0.260 e. The second kappa shape index (κ2) is 6.68. The van der Waals surface area contributed by atoms with Crippen molar-refractivity contribution in [1.82, 2.24) is 0 Å². The fourth-order valence-corrected chi connectivity index (χ4v) is 2.58. The zero-order valence-corrected chi connectivity index (χ0v) is 13.0. The molecule has 0 fully saturated rings. The van der Waals surface area contributed by atoms with Gasteiger partial charge in [0.1, 0.15) is 0 Å². The van der Waals surface area contributed by atoms with E-state index in [9.17, 15) is 4.79 Å². The van der Waals surface area contributed by atoms with Crippen LogP contribution in [-0.2, 0) is 9.53 Å². The van der Waals surface area contributed by atoms with Crippen LogP contribution in [0.25, 0.3) is 0 Å². The molecule has 2 aromatic carbocycles. The standard InChI is InChI=1S/C16H16BrNO2/c1-18(14-11-7-6-10-13(14)17)16(19)15(20-2)12-8-4-3-5-9-12/h3-11,15H,1-2H3. The Hall–Kier alpha value is -1.65. The van der Waals surface area contributed by atoms with E-state index in [1.165, 1.54) is 0 Å². The predicted octanol–water partition coefficient (Wildman–Crippen LogP) is 3.80. The molecule has 0 radical (unpaired) electrons. The van der Waals surface area contributed by atoms with Crippen LogP contribution in [0.1, 0.15) is 11.7 Å². The number of halogens is 1. The van der Waals surface area contributed by atoms with Gasteiger partial charge in [0.25, 0.3) is 5.91 Å². The van der Waals surface area contributed by atoms with Crippen molar-refractivity contribution in [3.05, 3.63) is 64.6 Å². The van der Waals surface area contributed by atoms with Crippen LogP contribution in [0.4, 0.5) is 5.69 Å². The third-order valence-electron chi connectivity index (χ3n) is 3.11. The van der Waals surface area contributed by atoms with Gasteiger partial charge in [-0.2, -0.15) is 0 Å². The summed E-state index contributed by atoms with van der Waals surface area (Å²) < 4.78 is 6.25. The first-order valence-corrected chi connectivity index (χ1v) is 7.04. The first-order valence-electron chi connectivity index (χ1n) is 6.25. The Morgan fingerprint density at radius 2 is 1.70 bits per heavy atom. The van der Waals surface area contributed by atoms with Gasteiger partial charge in [-0.25, -0.2) is 0 Å². The monoisotopic (exact) mass is 333 g/mol. The van der Waals surface area contributed by atoms with E-state index in [0.717, 1.165) is 15.7 Å². The molecule has 0 N–H and O–H groups in total. The van der Waals surface area contributed by atoms with Crippen molar-refractivity contribution in [2.75, 3.05) is 19.1 Å². The van der Waals surface area contributed by atoms with Crippen LogP contribution < -0.4 is 4.90 Å². The molecule has 4 heteroatoms. The maximum atomic E-state index is 12.6. The molecule has 0 aliphatic rings. The second-order valence-corrected chi connectivity index (χ2v) is 5.23. The van der Waals surface area contributed by atoms with E-state index in [2.05, 4.69) is 15.9 Å². The highest BCUT2D eigenvalue weighted by Gasteiger charge is 2.25. The number of nitrogens with zero attached hydrogens (tertiary/aromatic N) is 1. The normalized spacial score (nSPS) is 11.9. The number of hydrogen-bond acceptors (Lipinski definition) is 2. The maximum absolute atomic E-state index is 12.6. The van der Waals surface area contributed by atoms with Crippen LogP contribution in [0.5, 0.6) is 0 Å². The van der Waals surface area contributed by atoms with Crippen LogP contribution in [0.15, 0.2) is 59.1 Å². The number of benzene rings is 2. The second-order valence-electron chi connectivity index (χ2n) is 4.38. The minimum atomic E-state index is -0.603. The molecule has 20 heavy (non-hydrogen) atoms. The summed E-state index contributed by atoms with van der Waals surface area (Å²) in [5.74, 6) is -0.106. The SMILES string of the molecule is COC(C(=O)N(C)c1ccccc1Br)c1ccccc1. The molecule has 0 spiro atoms. The summed E-state index contributed by atoms with van der Waals surface area (Å²) in [5, 5.41) is 0. The van der Waals surface area contributed by atoms with Crippen molar-refractivity contribution in [3.8, 4) is 0 Å². The first-order chi connectivity index (χ1) is 9.65. The van der Waals surface area contributed by atoms with Gasteiger partial charge in [-0.15, -0.1) is 0 Å². The van der Waals surface area contributed by atoms with Crippen molar-refractivity contribution >= 4 is 27.5 Å². The Balaban J connectivity index is 2.28. The van der Waals surface area contributed by atoms with Crippen molar-refractivity contribution in [1.29, 1.82) is 0 Å². The Labute approximate surface area is 127 Å². The Kier molecular flexibility index (Phi) is 4.93. The van der Waals surface area contributed by atoms with E-state index in [0.29, 0.717) is 0 Å². The van der Waals surface area contributed by atoms with E-state index in [4.69, 9.17) is 4.74 Å². The van der Waals surface area contributed by atoms with E-state index in [-0.39, 0.29) is 5.91 Å². The molecule has 0 aromatic heterocycles. The summed E-state index contributed by atoms with van der Waals surface area (Å²) in [7, 11) is 3.29.